The Kier molecular flexibility index (Phi) is 7.05. The predicted molar refractivity (Wildman–Crippen MR) is 134 cm³/mol. The highest BCUT2D eigenvalue weighted by atomic mass is 35.5. The highest BCUT2D eigenvalue weighted by Gasteiger charge is 2.28. The van der Waals surface area contributed by atoms with Crippen molar-refractivity contribution in [2.45, 2.75) is 0 Å². The number of benzene rings is 3. The number of benzodiazepines with no additional fused rings is 1. The normalized spacial score (nSPS) is 13.0. The van der Waals surface area contributed by atoms with Gasteiger partial charge in [-0.25, -0.2) is 0 Å². The van der Waals surface area contributed by atoms with Crippen molar-refractivity contribution in [2.75, 3.05) is 37.5 Å². The molecule has 3 aromatic rings. The number of amides is 2. The fourth-order valence-electron chi connectivity index (χ4n) is 3.69. The number of fused-ring (bicyclic) bond motifs is 1. The van der Waals surface area contributed by atoms with Gasteiger partial charge < -0.3 is 19.7 Å². The van der Waals surface area contributed by atoms with Crippen molar-refractivity contribution in [1.29, 1.82) is 0 Å². The van der Waals surface area contributed by atoms with Crippen LogP contribution in [-0.4, -0.2) is 44.8 Å². The van der Waals surface area contributed by atoms with Gasteiger partial charge in [-0.05, 0) is 36.4 Å². The predicted octanol–water partition coefficient (Wildman–Crippen LogP) is 4.83. The molecule has 34 heavy (non-hydrogen) atoms. The summed E-state index contributed by atoms with van der Waals surface area (Å²) in [5.41, 5.74) is 2.76. The minimum atomic E-state index is -0.415. The first-order chi connectivity index (χ1) is 16.4. The Morgan fingerprint density at radius 1 is 1.03 bits per heavy atom. The lowest BCUT2D eigenvalue weighted by atomic mass is 10.00. The lowest BCUT2D eigenvalue weighted by Crippen LogP contribution is -2.39. The van der Waals surface area contributed by atoms with Gasteiger partial charge in [0.15, 0.2) is 0 Å². The van der Waals surface area contributed by atoms with Crippen LogP contribution < -0.4 is 19.7 Å². The average Bonchev–Trinajstić information content (AvgIpc) is 2.96. The highest BCUT2D eigenvalue weighted by Crippen LogP contribution is 2.32. The van der Waals surface area contributed by atoms with E-state index in [-0.39, 0.29) is 19.0 Å². The van der Waals surface area contributed by atoms with Gasteiger partial charge in [0.05, 0.1) is 31.3 Å². The standard InChI is InChI=1S/C25H21Cl2N3O4/c1-33-16-8-10-22(34-2)20(12-16)29-23(31)14-30-21-9-7-15(26)11-18(21)25(28-13-24(30)32)17-5-3-4-6-19(17)27/h3-12H,13-14H2,1-2H3,(H,29,31). The number of hydrogen-bond donors (Lipinski definition) is 1. The molecule has 0 fully saturated rings. The van der Waals surface area contributed by atoms with Crippen LogP contribution in [0.1, 0.15) is 11.1 Å². The molecule has 1 aliphatic rings. The second-order valence-corrected chi connectivity index (χ2v) is 8.24. The third-order valence-corrected chi connectivity index (χ3v) is 5.85. The smallest absolute Gasteiger partial charge is 0.249 e. The minimum Gasteiger partial charge on any atom is -0.497 e. The van der Waals surface area contributed by atoms with Gasteiger partial charge in [0, 0.05) is 27.2 Å². The van der Waals surface area contributed by atoms with Crippen LogP contribution >= 0.6 is 23.2 Å². The summed E-state index contributed by atoms with van der Waals surface area (Å²) in [6.45, 7) is -0.387. The van der Waals surface area contributed by atoms with Crippen LogP contribution in [0.4, 0.5) is 11.4 Å². The van der Waals surface area contributed by atoms with Crippen molar-refractivity contribution in [3.63, 3.8) is 0 Å². The summed E-state index contributed by atoms with van der Waals surface area (Å²) in [6, 6.07) is 17.4. The van der Waals surface area contributed by atoms with Crippen molar-refractivity contribution in [2.24, 2.45) is 4.99 Å². The first-order valence-electron chi connectivity index (χ1n) is 10.3. The number of ether oxygens (including phenoxy) is 2. The van der Waals surface area contributed by atoms with Gasteiger partial charge in [0.2, 0.25) is 11.8 Å². The third-order valence-electron chi connectivity index (χ3n) is 5.29. The molecule has 4 rings (SSSR count). The number of carbonyl (C=O) groups excluding carboxylic acids is 2. The van der Waals surface area contributed by atoms with E-state index in [1.807, 2.05) is 18.2 Å². The molecule has 1 N–H and O–H groups in total. The van der Waals surface area contributed by atoms with Gasteiger partial charge in [-0.2, -0.15) is 0 Å². The maximum absolute atomic E-state index is 13.1. The number of rotatable bonds is 6. The lowest BCUT2D eigenvalue weighted by Gasteiger charge is -2.23. The van der Waals surface area contributed by atoms with Crippen LogP contribution in [0.5, 0.6) is 11.5 Å². The summed E-state index contributed by atoms with van der Waals surface area (Å²) in [4.78, 5) is 32.0. The van der Waals surface area contributed by atoms with Crippen LogP contribution in [0.2, 0.25) is 10.0 Å². The van der Waals surface area contributed by atoms with E-state index in [4.69, 9.17) is 32.7 Å². The summed E-state index contributed by atoms with van der Waals surface area (Å²) in [5, 5.41) is 3.76. The number of aliphatic imine (C=N–C) groups is 1. The van der Waals surface area contributed by atoms with Crippen molar-refractivity contribution in [3.8, 4) is 11.5 Å². The summed E-state index contributed by atoms with van der Waals surface area (Å²) in [6.07, 6.45) is 0. The Morgan fingerprint density at radius 3 is 2.56 bits per heavy atom. The summed E-state index contributed by atoms with van der Waals surface area (Å²) in [7, 11) is 3.03. The molecule has 0 radical (unpaired) electrons. The lowest BCUT2D eigenvalue weighted by molar-refractivity contribution is -0.120. The van der Waals surface area contributed by atoms with E-state index in [0.29, 0.717) is 49.8 Å². The molecule has 0 spiro atoms. The SMILES string of the molecule is COc1ccc(OC)c(NC(=O)CN2C(=O)CN=C(c3ccccc3Cl)c3cc(Cl)ccc32)c1. The van der Waals surface area contributed by atoms with Gasteiger partial charge in [0.1, 0.15) is 24.6 Å². The zero-order chi connectivity index (χ0) is 24.2. The number of methoxy groups -OCH3 is 2. The van der Waals surface area contributed by atoms with E-state index in [1.165, 1.54) is 19.1 Å². The molecule has 1 aliphatic heterocycles. The molecule has 7 nitrogen and oxygen atoms in total. The van der Waals surface area contributed by atoms with Crippen molar-refractivity contribution in [3.05, 3.63) is 81.8 Å². The summed E-state index contributed by atoms with van der Waals surface area (Å²) >= 11 is 12.7. The Balaban J connectivity index is 1.68. The summed E-state index contributed by atoms with van der Waals surface area (Å²) < 4.78 is 10.6. The van der Waals surface area contributed by atoms with Crippen LogP contribution in [0.25, 0.3) is 0 Å². The average molecular weight is 498 g/mol. The van der Waals surface area contributed by atoms with E-state index in [0.717, 1.165) is 0 Å². The molecular weight excluding hydrogens is 477 g/mol. The quantitative estimate of drug-likeness (QED) is 0.528. The molecule has 9 heteroatoms. The first-order valence-corrected chi connectivity index (χ1v) is 11.1. The van der Waals surface area contributed by atoms with Crippen LogP contribution in [0, 0.1) is 0 Å². The Morgan fingerprint density at radius 2 is 1.82 bits per heavy atom. The molecule has 1 heterocycles. The maximum atomic E-state index is 13.1. The molecule has 0 aromatic heterocycles. The van der Waals surface area contributed by atoms with E-state index in [1.54, 1.807) is 42.5 Å². The maximum Gasteiger partial charge on any atom is 0.249 e. The van der Waals surface area contributed by atoms with Crippen molar-refractivity contribution < 1.29 is 19.1 Å². The van der Waals surface area contributed by atoms with Gasteiger partial charge >= 0.3 is 0 Å². The number of hydrogen-bond acceptors (Lipinski definition) is 5. The molecule has 2 amide bonds. The second kappa shape index (κ2) is 10.2. The van der Waals surface area contributed by atoms with Gasteiger partial charge in [-0.1, -0.05) is 41.4 Å². The number of nitrogens with one attached hydrogen (secondary N) is 1. The van der Waals surface area contributed by atoms with Crippen LogP contribution in [0.3, 0.4) is 0 Å². The molecule has 0 saturated heterocycles. The topological polar surface area (TPSA) is 80.2 Å². The molecule has 174 valence electrons. The van der Waals surface area contributed by atoms with Crippen molar-refractivity contribution >= 4 is 52.1 Å². The van der Waals surface area contributed by atoms with E-state index in [2.05, 4.69) is 10.3 Å². The number of nitrogens with zero attached hydrogens (tertiary/aromatic N) is 2. The molecular formula is C25H21Cl2N3O4. The fourth-order valence-corrected chi connectivity index (χ4v) is 4.08. The molecule has 0 atom stereocenters. The zero-order valence-electron chi connectivity index (χ0n) is 18.5. The van der Waals surface area contributed by atoms with Gasteiger partial charge in [0.25, 0.3) is 0 Å². The van der Waals surface area contributed by atoms with Gasteiger partial charge in [-0.15, -0.1) is 0 Å². The zero-order valence-corrected chi connectivity index (χ0v) is 20.0. The Bertz CT molecular complexity index is 1290. The van der Waals surface area contributed by atoms with Crippen LogP contribution in [0.15, 0.2) is 65.7 Å². The highest BCUT2D eigenvalue weighted by molar-refractivity contribution is 6.37. The van der Waals surface area contributed by atoms with E-state index in [9.17, 15) is 9.59 Å². The monoisotopic (exact) mass is 497 g/mol. The summed E-state index contributed by atoms with van der Waals surface area (Å²) in [5.74, 6) is 0.271. The Hall–Kier alpha value is -3.55. The molecule has 0 aliphatic carbocycles. The number of anilines is 2. The number of halogens is 2. The third kappa shape index (κ3) is 4.85. The number of carbonyl (C=O) groups is 2. The Labute approximate surface area is 206 Å². The largest absolute Gasteiger partial charge is 0.497 e. The first kappa shape index (κ1) is 23.6. The van der Waals surface area contributed by atoms with E-state index < -0.39 is 5.91 Å². The molecule has 0 saturated carbocycles. The minimum absolute atomic E-state index is 0.150. The molecule has 0 bridgehead atoms. The van der Waals surface area contributed by atoms with Crippen molar-refractivity contribution in [1.82, 2.24) is 0 Å². The fraction of sp³-hybridized carbons (Fsp3) is 0.160. The van der Waals surface area contributed by atoms with Gasteiger partial charge in [-0.3, -0.25) is 14.6 Å². The molecule has 0 unspecified atom stereocenters. The second-order valence-electron chi connectivity index (χ2n) is 7.40. The molecule has 3 aromatic carbocycles. The van der Waals surface area contributed by atoms with E-state index >= 15 is 0 Å². The van der Waals surface area contributed by atoms with Crippen LogP contribution in [-0.2, 0) is 9.59 Å².